The topological polar surface area (TPSA) is 87.2 Å². The normalized spacial score (nSPS) is 12.4. The number of nitrogens with two attached hydrogens (primary N) is 1. The molecule has 0 saturated heterocycles. The molecule has 0 unspecified atom stereocenters. The van der Waals surface area contributed by atoms with Crippen LogP contribution in [-0.4, -0.2) is 24.1 Å². The second kappa shape index (κ2) is 8.11. The molecule has 0 bridgehead atoms. The minimum Gasteiger partial charge on any atom is -0.491 e. The second-order valence-corrected chi connectivity index (χ2v) is 8.48. The van der Waals surface area contributed by atoms with Gasteiger partial charge in [0.2, 0.25) is 10.0 Å². The summed E-state index contributed by atoms with van der Waals surface area (Å²) >= 11 is 0. The Bertz CT molecular complexity index is 1140. The second-order valence-electron chi connectivity index (χ2n) is 6.92. The number of rotatable bonds is 6. The number of sulfonamides is 1. The molecule has 0 aliphatic rings. The third kappa shape index (κ3) is 5.00. The van der Waals surface area contributed by atoms with Crippen LogP contribution in [0.4, 0.5) is 13.2 Å². The van der Waals surface area contributed by atoms with Crippen LogP contribution in [0.3, 0.4) is 0 Å². The van der Waals surface area contributed by atoms with E-state index in [1.165, 1.54) is 28.8 Å². The first-order chi connectivity index (χ1) is 13.9. The summed E-state index contributed by atoms with van der Waals surface area (Å²) in [5.41, 5.74) is -0.0461. The van der Waals surface area contributed by atoms with Gasteiger partial charge in [-0.25, -0.2) is 18.5 Å². The van der Waals surface area contributed by atoms with Gasteiger partial charge >= 0.3 is 6.18 Å². The number of nitrogens with zero attached hydrogens (tertiary/aromatic N) is 2. The van der Waals surface area contributed by atoms with Crippen molar-refractivity contribution in [3.05, 3.63) is 66.0 Å². The van der Waals surface area contributed by atoms with Crippen LogP contribution in [0.5, 0.6) is 5.75 Å². The molecule has 2 aromatic carbocycles. The van der Waals surface area contributed by atoms with E-state index in [0.717, 1.165) is 6.20 Å². The largest absolute Gasteiger partial charge is 0.491 e. The SMILES string of the molecule is CC(C)Oc1ccccc1Cn1cc(C(F)(F)F)nc1-c1ccc(S(N)(=O)=O)cc1. The van der Waals surface area contributed by atoms with Crippen LogP contribution >= 0.6 is 0 Å². The Labute approximate surface area is 172 Å². The Kier molecular flexibility index (Phi) is 5.91. The molecule has 3 aromatic rings. The van der Waals surface area contributed by atoms with Gasteiger partial charge in [0, 0.05) is 17.3 Å². The molecule has 0 atom stereocenters. The van der Waals surface area contributed by atoms with Crippen LogP contribution in [0.15, 0.2) is 59.6 Å². The van der Waals surface area contributed by atoms with E-state index in [9.17, 15) is 21.6 Å². The highest BCUT2D eigenvalue weighted by molar-refractivity contribution is 7.89. The summed E-state index contributed by atoms with van der Waals surface area (Å²) in [6, 6.07) is 12.3. The lowest BCUT2D eigenvalue weighted by Gasteiger charge is -2.15. The third-order valence-electron chi connectivity index (χ3n) is 4.18. The highest BCUT2D eigenvalue weighted by atomic mass is 32.2. The predicted molar refractivity (Wildman–Crippen MR) is 105 cm³/mol. The van der Waals surface area contributed by atoms with Gasteiger partial charge in [-0.3, -0.25) is 0 Å². The molecule has 3 rings (SSSR count). The smallest absolute Gasteiger partial charge is 0.434 e. The molecule has 0 aliphatic carbocycles. The van der Waals surface area contributed by atoms with Crippen molar-refractivity contribution in [2.24, 2.45) is 5.14 Å². The number of para-hydroxylation sites is 1. The minimum absolute atomic E-state index is 0.0441. The molecule has 1 heterocycles. The van der Waals surface area contributed by atoms with Crippen molar-refractivity contribution in [2.75, 3.05) is 0 Å². The van der Waals surface area contributed by atoms with Gasteiger partial charge in [0.05, 0.1) is 17.5 Å². The predicted octanol–water partition coefficient (Wildman–Crippen LogP) is 4.05. The Morgan fingerprint density at radius 2 is 1.73 bits per heavy atom. The quantitative estimate of drug-likeness (QED) is 0.628. The molecule has 0 amide bonds. The van der Waals surface area contributed by atoms with Gasteiger partial charge in [-0.15, -0.1) is 0 Å². The highest BCUT2D eigenvalue weighted by Crippen LogP contribution is 2.32. The van der Waals surface area contributed by atoms with E-state index in [0.29, 0.717) is 16.9 Å². The number of aromatic nitrogens is 2. The van der Waals surface area contributed by atoms with Crippen molar-refractivity contribution in [1.82, 2.24) is 9.55 Å². The number of hydrogen-bond acceptors (Lipinski definition) is 4. The maximum atomic E-state index is 13.3. The molecular formula is C20H20F3N3O3S. The van der Waals surface area contributed by atoms with E-state index >= 15 is 0 Å². The van der Waals surface area contributed by atoms with Gasteiger partial charge in [-0.05, 0) is 44.2 Å². The zero-order chi connectivity index (χ0) is 22.1. The van der Waals surface area contributed by atoms with Crippen molar-refractivity contribution in [1.29, 1.82) is 0 Å². The van der Waals surface area contributed by atoms with Crippen molar-refractivity contribution in [2.45, 2.75) is 37.6 Å². The number of imidazole rings is 1. The lowest BCUT2D eigenvalue weighted by Crippen LogP contribution is -2.12. The van der Waals surface area contributed by atoms with E-state index in [2.05, 4.69) is 4.98 Å². The summed E-state index contributed by atoms with van der Waals surface area (Å²) in [7, 11) is -3.92. The molecule has 1 aromatic heterocycles. The van der Waals surface area contributed by atoms with Gasteiger partial charge < -0.3 is 9.30 Å². The average molecular weight is 439 g/mol. The van der Waals surface area contributed by atoms with E-state index in [-0.39, 0.29) is 23.4 Å². The maximum absolute atomic E-state index is 13.3. The summed E-state index contributed by atoms with van der Waals surface area (Å²) in [6.45, 7) is 3.79. The van der Waals surface area contributed by atoms with Gasteiger partial charge in [0.25, 0.3) is 0 Å². The van der Waals surface area contributed by atoms with Crippen molar-refractivity contribution in [3.63, 3.8) is 0 Å². The summed E-state index contributed by atoms with van der Waals surface area (Å²) in [5.74, 6) is 0.605. The average Bonchev–Trinajstić information content (AvgIpc) is 3.06. The highest BCUT2D eigenvalue weighted by Gasteiger charge is 2.35. The van der Waals surface area contributed by atoms with Crippen LogP contribution in [0, 0.1) is 0 Å². The molecule has 30 heavy (non-hydrogen) atoms. The van der Waals surface area contributed by atoms with Crippen molar-refractivity contribution >= 4 is 10.0 Å². The third-order valence-corrected chi connectivity index (χ3v) is 5.11. The van der Waals surface area contributed by atoms with E-state index in [1.54, 1.807) is 24.3 Å². The Morgan fingerprint density at radius 1 is 1.10 bits per heavy atom. The van der Waals surface area contributed by atoms with Gasteiger partial charge in [0.15, 0.2) is 5.69 Å². The fourth-order valence-corrected chi connectivity index (χ4v) is 3.40. The number of hydrogen-bond donors (Lipinski definition) is 1. The maximum Gasteiger partial charge on any atom is 0.434 e. The number of benzene rings is 2. The van der Waals surface area contributed by atoms with Crippen molar-refractivity contribution < 1.29 is 26.3 Å². The number of ether oxygens (including phenoxy) is 1. The molecule has 0 aliphatic heterocycles. The number of halogens is 3. The zero-order valence-electron chi connectivity index (χ0n) is 16.2. The van der Waals surface area contributed by atoms with Crippen molar-refractivity contribution in [3.8, 4) is 17.1 Å². The first-order valence-electron chi connectivity index (χ1n) is 8.97. The molecule has 0 saturated carbocycles. The zero-order valence-corrected chi connectivity index (χ0v) is 17.0. The number of primary sulfonamides is 1. The first-order valence-corrected chi connectivity index (χ1v) is 10.5. The molecule has 0 fully saturated rings. The minimum atomic E-state index is -4.63. The molecule has 6 nitrogen and oxygen atoms in total. The van der Waals surface area contributed by atoms with Gasteiger partial charge in [-0.2, -0.15) is 13.2 Å². The molecular weight excluding hydrogens is 419 g/mol. The van der Waals surface area contributed by atoms with Crippen LogP contribution in [0.2, 0.25) is 0 Å². The van der Waals surface area contributed by atoms with Gasteiger partial charge in [0.1, 0.15) is 11.6 Å². The Hall–Kier alpha value is -2.85. The fraction of sp³-hybridized carbons (Fsp3) is 0.250. The van der Waals surface area contributed by atoms with Crippen LogP contribution < -0.4 is 9.88 Å². The lowest BCUT2D eigenvalue weighted by molar-refractivity contribution is -0.140. The summed E-state index contributed by atoms with van der Waals surface area (Å²) in [5, 5.41) is 5.08. The van der Waals surface area contributed by atoms with Crippen LogP contribution in [0.1, 0.15) is 25.1 Å². The summed E-state index contributed by atoms with van der Waals surface area (Å²) < 4.78 is 69.9. The summed E-state index contributed by atoms with van der Waals surface area (Å²) in [4.78, 5) is 3.60. The molecule has 2 N–H and O–H groups in total. The van der Waals surface area contributed by atoms with Gasteiger partial charge in [-0.1, -0.05) is 18.2 Å². The standard InChI is InChI=1S/C20H20F3N3O3S/c1-13(2)29-17-6-4-3-5-15(17)11-26-12-18(20(21,22)23)25-19(26)14-7-9-16(10-8-14)30(24,27)28/h3-10,12-13H,11H2,1-2H3,(H2,24,27,28). The summed E-state index contributed by atoms with van der Waals surface area (Å²) in [6.07, 6.45) is -3.81. The number of alkyl halides is 3. The van der Waals surface area contributed by atoms with E-state index in [1.807, 2.05) is 13.8 Å². The fourth-order valence-electron chi connectivity index (χ4n) is 2.88. The van der Waals surface area contributed by atoms with E-state index in [4.69, 9.17) is 9.88 Å². The van der Waals surface area contributed by atoms with Crippen LogP contribution in [-0.2, 0) is 22.7 Å². The van der Waals surface area contributed by atoms with Crippen LogP contribution in [0.25, 0.3) is 11.4 Å². The molecule has 160 valence electrons. The molecule has 0 radical (unpaired) electrons. The molecule has 10 heteroatoms. The van der Waals surface area contributed by atoms with E-state index < -0.39 is 21.9 Å². The first kappa shape index (κ1) is 21.8. The lowest BCUT2D eigenvalue weighted by atomic mass is 10.1. The molecule has 0 spiro atoms. The Morgan fingerprint density at radius 3 is 2.30 bits per heavy atom. The Balaban J connectivity index is 2.06. The monoisotopic (exact) mass is 439 g/mol.